The first kappa shape index (κ1) is 89.4. The van der Waals surface area contributed by atoms with E-state index in [9.17, 15) is 24.0 Å². The van der Waals surface area contributed by atoms with Gasteiger partial charge in [0.2, 0.25) is 17.6 Å². The molecular weight excluding hydrogens is 1400 g/mol. The summed E-state index contributed by atoms with van der Waals surface area (Å²) in [5.74, 6) is 1.20. The molecule has 109 heavy (non-hydrogen) atoms. The van der Waals surface area contributed by atoms with Crippen LogP contribution in [0.15, 0.2) is 153 Å². The second kappa shape index (κ2) is 49.0. The summed E-state index contributed by atoms with van der Waals surface area (Å²) in [5, 5.41) is 18.4. The number of Topliss-reactive ketones (excluding diaryl/α,β-unsaturated/α-hetero) is 1. The van der Waals surface area contributed by atoms with E-state index in [1.807, 2.05) is 83.4 Å². The van der Waals surface area contributed by atoms with Gasteiger partial charge in [-0.25, -0.2) is 29.9 Å². The third-order valence-corrected chi connectivity index (χ3v) is 17.4. The van der Waals surface area contributed by atoms with Crippen molar-refractivity contribution in [2.24, 2.45) is 0 Å². The molecule has 11 heterocycles. The van der Waals surface area contributed by atoms with Gasteiger partial charge in [0.15, 0.2) is 11.9 Å². The van der Waals surface area contributed by atoms with Crippen molar-refractivity contribution in [3.05, 3.63) is 215 Å². The van der Waals surface area contributed by atoms with E-state index in [1.165, 1.54) is 55.7 Å². The number of methoxy groups -OCH3 is 3. The number of pyridine rings is 7. The molecule has 576 valence electrons. The van der Waals surface area contributed by atoms with Crippen LogP contribution in [0.3, 0.4) is 0 Å². The fourth-order valence-corrected chi connectivity index (χ4v) is 11.9. The fraction of sp³-hybridized carbons (Fsp3) is 0.420. The van der Waals surface area contributed by atoms with Crippen LogP contribution in [0.2, 0.25) is 0 Å². The molecule has 1 aliphatic heterocycles. The molecule has 0 aromatic carbocycles. The largest absolute Gasteiger partial charge is 1.00 e. The van der Waals surface area contributed by atoms with Crippen LogP contribution < -0.4 is 54.8 Å². The molecule has 0 amide bonds. The Hall–Kier alpha value is -10.2. The number of fused-ring (bicyclic) bond motifs is 2. The molecule has 12 rings (SSSR count). The quantitative estimate of drug-likeness (QED) is 0.0177. The molecule has 10 aromatic heterocycles. The van der Waals surface area contributed by atoms with Gasteiger partial charge in [-0.1, -0.05) is 13.5 Å². The number of nitrogens with one attached hydrogen (secondary N) is 1. The van der Waals surface area contributed by atoms with Crippen LogP contribution in [0.1, 0.15) is 191 Å². The Morgan fingerprint density at radius 2 is 0.945 bits per heavy atom. The molecule has 3 atom stereocenters. The van der Waals surface area contributed by atoms with Gasteiger partial charge in [-0.3, -0.25) is 38.2 Å². The van der Waals surface area contributed by atoms with Gasteiger partial charge in [0.1, 0.15) is 11.6 Å². The molecule has 1 aliphatic carbocycles. The summed E-state index contributed by atoms with van der Waals surface area (Å²) in [5.41, 5.74) is 16.9. The number of carbonyl (C=O) groups excluding carboxylic acids is 5. The number of rotatable bonds is 31. The van der Waals surface area contributed by atoms with Crippen molar-refractivity contribution in [3.8, 4) is 17.6 Å². The number of nitrogens with two attached hydrogens (primary N) is 1. The molecule has 10 aromatic rings. The molecular formula is C81H104N15NaO12. The van der Waals surface area contributed by atoms with E-state index in [-0.39, 0.29) is 109 Å². The first-order valence-electron chi connectivity index (χ1n) is 36.3. The number of ether oxygens (including phenoxy) is 6. The monoisotopic (exact) mass is 1500 g/mol. The molecule has 0 radical (unpaired) electrons. The molecule has 1 saturated heterocycles. The number of aldehydes is 1. The molecule has 2 aliphatic rings. The van der Waals surface area contributed by atoms with Gasteiger partial charge in [0.05, 0.1) is 101 Å². The summed E-state index contributed by atoms with van der Waals surface area (Å²) >= 11 is 0. The maximum absolute atomic E-state index is 12.2. The summed E-state index contributed by atoms with van der Waals surface area (Å²) in [6, 6.07) is 31.8. The molecule has 1 fully saturated rings. The molecule has 27 nitrogen and oxygen atoms in total. The summed E-state index contributed by atoms with van der Waals surface area (Å²) in [7, 11) is 4.71. The maximum atomic E-state index is 12.2. The minimum Gasteiger partial charge on any atom is -0.870 e. The topological polar surface area (TPSA) is 352 Å². The van der Waals surface area contributed by atoms with E-state index < -0.39 is 0 Å². The van der Waals surface area contributed by atoms with E-state index in [4.69, 9.17) is 49.3 Å². The van der Waals surface area contributed by atoms with Crippen LogP contribution in [-0.2, 0) is 78.3 Å². The minimum atomic E-state index is -0.311. The van der Waals surface area contributed by atoms with E-state index in [2.05, 4.69) is 64.6 Å². The van der Waals surface area contributed by atoms with Crippen molar-refractivity contribution in [1.82, 2.24) is 69.5 Å². The third-order valence-electron chi connectivity index (χ3n) is 17.4. The second-order valence-electron chi connectivity index (χ2n) is 25.1. The maximum Gasteiger partial charge on any atom is 1.00 e. The number of esters is 3. The van der Waals surface area contributed by atoms with Gasteiger partial charge in [-0.05, 0) is 232 Å². The second-order valence-corrected chi connectivity index (χ2v) is 25.1. The number of carbonyl (C=O) groups is 5. The fourth-order valence-electron chi connectivity index (χ4n) is 11.9. The zero-order valence-electron chi connectivity index (χ0n) is 63.3. The van der Waals surface area contributed by atoms with Gasteiger partial charge in [0, 0.05) is 96.7 Å². The van der Waals surface area contributed by atoms with E-state index in [0.29, 0.717) is 55.7 Å². The average Bonchev–Trinajstić information content (AvgIpc) is 1.77. The first-order chi connectivity index (χ1) is 51.7. The summed E-state index contributed by atoms with van der Waals surface area (Å²) in [6.07, 6.45) is 30.3. The molecule has 0 saturated carbocycles. The standard InChI is InChI=1S/C26H32N4O3.C25H27N5O3.C19H25N3O4.C6H6N2O.C4H9N.CH4.Na.H2O/c1-3-33-26(31)17-24(20-12-14-25(32-2)27-18-20)30-16-15-22(29-30)9-6-8-21-13-11-19-7-4-5-10-23(19)28-21;1-3-33-24(31)16-22(19-10-12-23(32-2)27-17-19)30-15-13-21(29-30)8-4-7-20-11-9-18-6-5-14-26-25(18)28-20;1-4-26-19(24)12-17(15-8-9-18(25-3)20-13-15)22-11-10-16(21-22)7-5-6-14(2)23;7-6-5(4-9)2-1-3-8-6;1-2-4-5-3-1;;;/h11-16,18,24H,3-10,17H2,1-2H3;5-6,9-15,17,22H,3-4,7-8,16H2,1-2H3;8-11,13,17H,4-7,12H2,1-3H3;1-4H,(H2,7,8);5H,1-4H2;1H4;;1H2/q;;;;;;+1;/p-1. The summed E-state index contributed by atoms with van der Waals surface area (Å²) in [6.45, 7) is 10.5. The number of aryl methyl sites for hydroxylation is 7. The van der Waals surface area contributed by atoms with Crippen LogP contribution in [0, 0.1) is 0 Å². The van der Waals surface area contributed by atoms with Crippen LogP contribution in [0.4, 0.5) is 5.82 Å². The summed E-state index contributed by atoms with van der Waals surface area (Å²) in [4.78, 5) is 88.0. The summed E-state index contributed by atoms with van der Waals surface area (Å²) < 4.78 is 36.3. The van der Waals surface area contributed by atoms with Crippen molar-refractivity contribution in [1.29, 1.82) is 0 Å². The van der Waals surface area contributed by atoms with E-state index in [0.717, 1.165) is 115 Å². The van der Waals surface area contributed by atoms with Crippen molar-refractivity contribution < 1.29 is 87.4 Å². The first-order valence-corrected chi connectivity index (χ1v) is 36.3. The van der Waals surface area contributed by atoms with E-state index >= 15 is 0 Å². The van der Waals surface area contributed by atoms with Crippen molar-refractivity contribution >= 4 is 46.8 Å². The molecule has 28 heteroatoms. The number of ketones is 1. The zero-order valence-corrected chi connectivity index (χ0v) is 65.3. The molecule has 0 bridgehead atoms. The van der Waals surface area contributed by atoms with Gasteiger partial charge in [-0.2, -0.15) is 15.3 Å². The predicted octanol–water partition coefficient (Wildman–Crippen LogP) is 9.28. The molecule has 0 spiro atoms. The predicted molar refractivity (Wildman–Crippen MR) is 410 cm³/mol. The Morgan fingerprint density at radius 1 is 0.514 bits per heavy atom. The molecule has 4 N–H and O–H groups in total. The van der Waals surface area contributed by atoms with Crippen molar-refractivity contribution in [2.45, 2.75) is 169 Å². The number of hydrogen-bond acceptors (Lipinski definition) is 24. The average molecular weight is 1500 g/mol. The number of aromatic nitrogens is 13. The third kappa shape index (κ3) is 29.7. The van der Waals surface area contributed by atoms with Gasteiger partial charge in [0.25, 0.3) is 0 Å². The Bertz CT molecular complexity index is 4320. The van der Waals surface area contributed by atoms with Crippen molar-refractivity contribution in [2.75, 3.05) is 60.0 Å². The number of anilines is 1. The SMILES string of the molecule is C.C1CCNC1.CCOC(=O)CC(c1ccc(OC)nc1)n1ccc(CCCC(C)=O)n1.CCOC(=O)CC(c1ccc(OC)nc1)n1ccc(CCCc2ccc3c(n2)CCCC3)n1.CCOC(=O)CC(c1ccc(OC)nc1)n1ccc(CCCc2ccc3cccnc3n2)n1.Nc1ncccc1C=O.[Na+].[OH-]. The van der Waals surface area contributed by atoms with Gasteiger partial charge >= 0.3 is 47.5 Å². The normalized spacial score (nSPS) is 12.5. The van der Waals surface area contributed by atoms with Crippen LogP contribution >= 0.6 is 0 Å². The number of nitrogen functional groups attached to an aromatic ring is 1. The van der Waals surface area contributed by atoms with Crippen molar-refractivity contribution in [3.63, 3.8) is 0 Å². The smallest absolute Gasteiger partial charge is 0.870 e. The number of nitrogens with zero attached hydrogens (tertiary/aromatic N) is 13. The van der Waals surface area contributed by atoms with Gasteiger partial charge < -0.3 is 49.7 Å². The Balaban J connectivity index is 0.000000266. The molecule has 3 unspecified atom stereocenters. The van der Waals surface area contributed by atoms with Crippen LogP contribution in [0.25, 0.3) is 11.0 Å². The number of hydrogen-bond donors (Lipinski definition) is 2. The zero-order chi connectivity index (χ0) is 75.3. The minimum absolute atomic E-state index is 0. The van der Waals surface area contributed by atoms with Crippen LogP contribution in [-0.4, -0.2) is 154 Å². The Morgan fingerprint density at radius 3 is 1.35 bits per heavy atom. The van der Waals surface area contributed by atoms with E-state index in [1.54, 1.807) is 108 Å². The Labute approximate surface area is 660 Å². The Kier molecular flexibility index (Phi) is 40.2. The van der Waals surface area contributed by atoms with Crippen LogP contribution in [0.5, 0.6) is 17.6 Å². The van der Waals surface area contributed by atoms with Gasteiger partial charge in [-0.15, -0.1) is 0 Å².